The van der Waals surface area contributed by atoms with Crippen LogP contribution in [0.1, 0.15) is 16.2 Å². The van der Waals surface area contributed by atoms with Gasteiger partial charge in [-0.1, -0.05) is 0 Å². The van der Waals surface area contributed by atoms with E-state index in [1.165, 1.54) is 0 Å². The maximum atomic E-state index is 11.7. The predicted octanol–water partition coefficient (Wildman–Crippen LogP) is 1.97. The van der Waals surface area contributed by atoms with Crippen LogP contribution in [0.2, 0.25) is 0 Å². The summed E-state index contributed by atoms with van der Waals surface area (Å²) in [4.78, 5) is 19.3. The predicted molar refractivity (Wildman–Crippen MR) is 76.1 cm³/mol. The van der Waals surface area contributed by atoms with E-state index in [0.717, 1.165) is 27.5 Å². The van der Waals surface area contributed by atoms with Gasteiger partial charge in [-0.05, 0) is 31.2 Å². The van der Waals surface area contributed by atoms with Gasteiger partial charge in [0, 0.05) is 29.0 Å². The number of carbonyl (C=O) groups is 1. The summed E-state index contributed by atoms with van der Waals surface area (Å²) in [5.41, 5.74) is 9.66. The number of fused-ring (bicyclic) bond motifs is 3. The number of anilines is 1. The molecule has 2 heterocycles. The van der Waals surface area contributed by atoms with Crippen molar-refractivity contribution in [1.29, 1.82) is 0 Å². The molecule has 3 rings (SSSR count). The number of rotatable bonds is 1. The minimum atomic E-state index is -0.191. The molecule has 3 aromatic rings. The van der Waals surface area contributed by atoms with Crippen molar-refractivity contribution in [3.05, 3.63) is 35.7 Å². The largest absolute Gasteiger partial charge is 0.399 e. The molecule has 0 saturated carbocycles. The highest BCUT2D eigenvalue weighted by Crippen LogP contribution is 2.28. The first-order valence-electron chi connectivity index (χ1n) is 6.01. The van der Waals surface area contributed by atoms with Gasteiger partial charge in [-0.25, -0.2) is 4.98 Å². The number of H-pyrrole nitrogens is 1. The van der Waals surface area contributed by atoms with Gasteiger partial charge in [0.15, 0.2) is 0 Å². The number of nitrogens with zero attached hydrogens (tertiary/aromatic N) is 1. The minimum absolute atomic E-state index is 0.191. The summed E-state index contributed by atoms with van der Waals surface area (Å²) in [5, 5.41) is 4.56. The number of hydrogen-bond donors (Lipinski definition) is 3. The second-order valence-electron chi connectivity index (χ2n) is 4.52. The molecule has 1 aromatic carbocycles. The van der Waals surface area contributed by atoms with E-state index in [4.69, 9.17) is 5.73 Å². The average molecular weight is 254 g/mol. The van der Waals surface area contributed by atoms with Crippen molar-refractivity contribution in [2.24, 2.45) is 0 Å². The van der Waals surface area contributed by atoms with Gasteiger partial charge in [0.25, 0.3) is 5.91 Å². The zero-order valence-electron chi connectivity index (χ0n) is 10.7. The van der Waals surface area contributed by atoms with E-state index in [1.54, 1.807) is 13.1 Å². The zero-order chi connectivity index (χ0) is 13.6. The molecule has 0 fully saturated rings. The normalized spacial score (nSPS) is 11.1. The van der Waals surface area contributed by atoms with E-state index in [0.29, 0.717) is 11.4 Å². The Labute approximate surface area is 109 Å². The summed E-state index contributed by atoms with van der Waals surface area (Å²) in [6.45, 7) is 1.88. The molecule has 4 N–H and O–H groups in total. The van der Waals surface area contributed by atoms with E-state index in [-0.39, 0.29) is 5.91 Å². The number of pyridine rings is 1. The molecule has 2 aromatic heterocycles. The molecule has 0 aliphatic heterocycles. The number of nitrogens with one attached hydrogen (secondary N) is 2. The smallest absolute Gasteiger partial charge is 0.269 e. The van der Waals surface area contributed by atoms with Crippen LogP contribution in [0.25, 0.3) is 21.8 Å². The summed E-state index contributed by atoms with van der Waals surface area (Å²) >= 11 is 0. The summed E-state index contributed by atoms with van der Waals surface area (Å²) < 4.78 is 0. The molecule has 1 amide bonds. The first kappa shape index (κ1) is 11.5. The van der Waals surface area contributed by atoms with Crippen LogP contribution in [0.5, 0.6) is 0 Å². The number of benzene rings is 1. The first-order valence-corrected chi connectivity index (χ1v) is 6.01. The number of aromatic amines is 1. The molecular formula is C14H14N4O. The topological polar surface area (TPSA) is 83.8 Å². The summed E-state index contributed by atoms with van der Waals surface area (Å²) in [5.74, 6) is -0.191. The number of nitrogen functional groups attached to an aromatic ring is 1. The van der Waals surface area contributed by atoms with E-state index in [9.17, 15) is 4.79 Å². The molecule has 96 valence electrons. The molecule has 0 aliphatic carbocycles. The molecule has 0 aliphatic rings. The molecule has 0 radical (unpaired) electrons. The lowest BCUT2D eigenvalue weighted by Crippen LogP contribution is -2.19. The highest BCUT2D eigenvalue weighted by Gasteiger charge is 2.12. The maximum absolute atomic E-state index is 11.7. The van der Waals surface area contributed by atoms with Crippen LogP contribution in [-0.4, -0.2) is 22.9 Å². The summed E-state index contributed by atoms with van der Waals surface area (Å²) in [7, 11) is 1.59. The Hall–Kier alpha value is -2.56. The van der Waals surface area contributed by atoms with Crippen LogP contribution in [-0.2, 0) is 0 Å². The summed E-state index contributed by atoms with van der Waals surface area (Å²) in [6.07, 6.45) is 0. The van der Waals surface area contributed by atoms with Gasteiger partial charge in [0.05, 0.1) is 11.2 Å². The van der Waals surface area contributed by atoms with Crippen LogP contribution in [0.3, 0.4) is 0 Å². The second kappa shape index (κ2) is 3.98. The van der Waals surface area contributed by atoms with Gasteiger partial charge in [-0.2, -0.15) is 0 Å². The van der Waals surface area contributed by atoms with Gasteiger partial charge in [0.1, 0.15) is 5.69 Å². The molecule has 0 bridgehead atoms. The SMILES string of the molecule is CNC(=O)c1cc2c([nH]c3ccc(N)cc32)c(C)n1. The third kappa shape index (κ3) is 1.71. The van der Waals surface area contributed by atoms with Crippen LogP contribution < -0.4 is 11.1 Å². The fourth-order valence-electron chi connectivity index (χ4n) is 2.32. The van der Waals surface area contributed by atoms with Crippen molar-refractivity contribution in [3.8, 4) is 0 Å². The number of amides is 1. The number of nitrogens with two attached hydrogens (primary N) is 1. The van der Waals surface area contributed by atoms with Gasteiger partial charge in [0.2, 0.25) is 0 Å². The Bertz CT molecular complexity index is 804. The monoisotopic (exact) mass is 254 g/mol. The fraction of sp³-hybridized carbons (Fsp3) is 0.143. The third-order valence-electron chi connectivity index (χ3n) is 3.25. The Balaban J connectivity index is 2.41. The number of carbonyl (C=O) groups excluding carboxylic acids is 1. The van der Waals surface area contributed by atoms with Crippen molar-refractivity contribution in [3.63, 3.8) is 0 Å². The highest BCUT2D eigenvalue weighted by atomic mass is 16.1. The van der Waals surface area contributed by atoms with Gasteiger partial charge >= 0.3 is 0 Å². The quantitative estimate of drug-likeness (QED) is 0.580. The maximum Gasteiger partial charge on any atom is 0.269 e. The van der Waals surface area contributed by atoms with Gasteiger partial charge < -0.3 is 16.0 Å². The highest BCUT2D eigenvalue weighted by molar-refractivity contribution is 6.10. The average Bonchev–Trinajstić information content (AvgIpc) is 2.76. The van der Waals surface area contributed by atoms with E-state index >= 15 is 0 Å². The molecule has 5 nitrogen and oxygen atoms in total. The van der Waals surface area contributed by atoms with Crippen LogP contribution in [0, 0.1) is 6.92 Å². The fourth-order valence-corrected chi connectivity index (χ4v) is 2.32. The zero-order valence-corrected chi connectivity index (χ0v) is 10.7. The van der Waals surface area contributed by atoms with Crippen molar-refractivity contribution < 1.29 is 4.79 Å². The number of aryl methyl sites for hydroxylation is 1. The molecule has 0 atom stereocenters. The van der Waals surface area contributed by atoms with Crippen molar-refractivity contribution >= 4 is 33.4 Å². The second-order valence-corrected chi connectivity index (χ2v) is 4.52. The van der Waals surface area contributed by atoms with Crippen LogP contribution in [0.15, 0.2) is 24.3 Å². The summed E-state index contributed by atoms with van der Waals surface area (Å²) in [6, 6.07) is 7.48. The number of hydrogen-bond acceptors (Lipinski definition) is 3. The molecule has 0 unspecified atom stereocenters. The van der Waals surface area contributed by atoms with Gasteiger partial charge in [-0.3, -0.25) is 4.79 Å². The first-order chi connectivity index (χ1) is 9.10. The van der Waals surface area contributed by atoms with E-state index in [2.05, 4.69) is 15.3 Å². The molecule has 5 heteroatoms. The van der Waals surface area contributed by atoms with E-state index in [1.807, 2.05) is 25.1 Å². The molecular weight excluding hydrogens is 240 g/mol. The van der Waals surface area contributed by atoms with Crippen LogP contribution in [0.4, 0.5) is 5.69 Å². The van der Waals surface area contributed by atoms with E-state index < -0.39 is 0 Å². The van der Waals surface area contributed by atoms with Crippen molar-refractivity contribution in [2.45, 2.75) is 6.92 Å². The van der Waals surface area contributed by atoms with Crippen molar-refractivity contribution in [2.75, 3.05) is 12.8 Å². The lowest BCUT2D eigenvalue weighted by Gasteiger charge is -2.02. The standard InChI is InChI=1S/C14H14N4O/c1-7-13-10(6-12(17-7)14(19)16-2)9-5-8(15)3-4-11(9)18-13/h3-6,18H,15H2,1-2H3,(H,16,19). The Kier molecular flexibility index (Phi) is 2.41. The molecule has 0 saturated heterocycles. The third-order valence-corrected chi connectivity index (χ3v) is 3.25. The van der Waals surface area contributed by atoms with Gasteiger partial charge in [-0.15, -0.1) is 0 Å². The molecule has 0 spiro atoms. The van der Waals surface area contributed by atoms with Crippen LogP contribution >= 0.6 is 0 Å². The van der Waals surface area contributed by atoms with Crippen molar-refractivity contribution in [1.82, 2.24) is 15.3 Å². The Morgan fingerprint density at radius 2 is 2.11 bits per heavy atom. The number of aromatic nitrogens is 2. The minimum Gasteiger partial charge on any atom is -0.399 e. The lowest BCUT2D eigenvalue weighted by atomic mass is 10.1. The lowest BCUT2D eigenvalue weighted by molar-refractivity contribution is 0.0958. The Morgan fingerprint density at radius 3 is 2.84 bits per heavy atom. The Morgan fingerprint density at radius 1 is 1.32 bits per heavy atom. The molecule has 19 heavy (non-hydrogen) atoms.